The van der Waals surface area contributed by atoms with Crippen molar-refractivity contribution in [2.75, 3.05) is 18.8 Å². The number of carbonyl (C=O) groups is 1. The van der Waals surface area contributed by atoms with Gasteiger partial charge in [-0.2, -0.15) is 0 Å². The fourth-order valence-electron chi connectivity index (χ4n) is 4.25. The molecule has 178 valence electrons. The molecule has 2 N–H and O–H groups in total. The zero-order valence-electron chi connectivity index (χ0n) is 18.5. The van der Waals surface area contributed by atoms with Crippen LogP contribution in [-0.2, 0) is 4.79 Å². The third-order valence-electron chi connectivity index (χ3n) is 5.80. The lowest BCUT2D eigenvalue weighted by molar-refractivity contribution is -0.124. The standard InChI is InChI=1S/C25H22N6O3.CH4/c1-2-6-21(32)29-14-13-18(15-29)31-24-22(23(26)27-16-28-24)30(25(31)33)17-9-11-20(12-10-17)34-19-7-4-3-5-8-19;/h3-5,7-12,16,18H,13-15H2,1H3,(H2,26,27,28);1H4. The van der Waals surface area contributed by atoms with Gasteiger partial charge in [0, 0.05) is 13.1 Å². The Morgan fingerprint density at radius 1 is 1.09 bits per heavy atom. The number of likely N-dealkylation sites (tertiary alicyclic amines) is 1. The van der Waals surface area contributed by atoms with Crippen molar-refractivity contribution < 1.29 is 9.53 Å². The minimum atomic E-state index is -0.292. The summed E-state index contributed by atoms with van der Waals surface area (Å²) < 4.78 is 8.97. The summed E-state index contributed by atoms with van der Waals surface area (Å²) in [6.07, 6.45) is 1.96. The average molecular weight is 471 g/mol. The minimum absolute atomic E-state index is 0. The summed E-state index contributed by atoms with van der Waals surface area (Å²) in [6, 6.07) is 16.4. The number of carbonyl (C=O) groups excluding carboxylic acids is 1. The van der Waals surface area contributed by atoms with E-state index in [9.17, 15) is 9.59 Å². The number of amides is 1. The molecule has 0 bridgehead atoms. The van der Waals surface area contributed by atoms with E-state index in [0.29, 0.717) is 42.1 Å². The number of rotatable bonds is 4. The number of ether oxygens (including phenoxy) is 1. The highest BCUT2D eigenvalue weighted by atomic mass is 16.5. The quantitative estimate of drug-likeness (QED) is 0.458. The van der Waals surface area contributed by atoms with Gasteiger partial charge in [-0.15, -0.1) is 0 Å². The van der Waals surface area contributed by atoms with Gasteiger partial charge in [-0.05, 0) is 55.7 Å². The average Bonchev–Trinajstić information content (AvgIpc) is 3.43. The predicted molar refractivity (Wildman–Crippen MR) is 134 cm³/mol. The molecule has 0 radical (unpaired) electrons. The van der Waals surface area contributed by atoms with Gasteiger partial charge in [0.2, 0.25) is 0 Å². The van der Waals surface area contributed by atoms with Crippen LogP contribution in [-0.4, -0.2) is 43.0 Å². The molecular weight excluding hydrogens is 444 g/mol. The lowest BCUT2D eigenvalue weighted by atomic mass is 10.2. The van der Waals surface area contributed by atoms with Crippen LogP contribution in [0.15, 0.2) is 65.7 Å². The Morgan fingerprint density at radius 2 is 1.80 bits per heavy atom. The van der Waals surface area contributed by atoms with E-state index in [-0.39, 0.29) is 30.9 Å². The largest absolute Gasteiger partial charge is 0.457 e. The molecule has 9 nitrogen and oxygen atoms in total. The van der Waals surface area contributed by atoms with Gasteiger partial charge in [0.1, 0.15) is 23.3 Å². The molecule has 9 heteroatoms. The molecule has 5 rings (SSSR count). The molecule has 1 atom stereocenters. The first kappa shape index (κ1) is 23.6. The van der Waals surface area contributed by atoms with E-state index in [4.69, 9.17) is 10.5 Å². The molecule has 0 saturated carbocycles. The summed E-state index contributed by atoms with van der Waals surface area (Å²) in [5, 5.41) is 0. The molecule has 1 amide bonds. The number of imidazole rings is 1. The Bertz CT molecular complexity index is 1480. The molecule has 2 aromatic carbocycles. The van der Waals surface area contributed by atoms with Crippen LogP contribution in [0.1, 0.15) is 26.8 Å². The molecule has 0 aliphatic carbocycles. The summed E-state index contributed by atoms with van der Waals surface area (Å²) in [5.74, 6) is 6.50. The van der Waals surface area contributed by atoms with Gasteiger partial charge >= 0.3 is 5.69 Å². The Morgan fingerprint density at radius 3 is 2.51 bits per heavy atom. The van der Waals surface area contributed by atoms with E-state index in [1.54, 1.807) is 40.7 Å². The first-order valence-electron chi connectivity index (χ1n) is 10.8. The number of aromatic nitrogens is 4. The molecule has 1 aliphatic heterocycles. The predicted octanol–water partition coefficient (Wildman–Crippen LogP) is 3.39. The maximum absolute atomic E-state index is 13.6. The molecule has 1 unspecified atom stereocenters. The smallest absolute Gasteiger partial charge is 0.335 e. The Balaban J connectivity index is 0.00000289. The van der Waals surface area contributed by atoms with Crippen LogP contribution in [0.2, 0.25) is 0 Å². The zero-order chi connectivity index (χ0) is 23.7. The molecule has 1 fully saturated rings. The van der Waals surface area contributed by atoms with Gasteiger partial charge in [0.25, 0.3) is 5.91 Å². The summed E-state index contributed by atoms with van der Waals surface area (Å²) in [4.78, 5) is 36.0. The number of hydrogen-bond donors (Lipinski definition) is 1. The maximum atomic E-state index is 13.6. The van der Waals surface area contributed by atoms with Gasteiger partial charge < -0.3 is 15.4 Å². The Hall–Kier alpha value is -4.58. The second-order valence-corrected chi connectivity index (χ2v) is 7.90. The van der Waals surface area contributed by atoms with Crippen LogP contribution in [0.4, 0.5) is 5.82 Å². The van der Waals surface area contributed by atoms with E-state index in [0.717, 1.165) is 5.75 Å². The van der Waals surface area contributed by atoms with Gasteiger partial charge in [0.05, 0.1) is 11.7 Å². The Kier molecular flexibility index (Phi) is 6.55. The third kappa shape index (κ3) is 4.34. The normalized spacial score (nSPS) is 14.8. The molecule has 1 saturated heterocycles. The van der Waals surface area contributed by atoms with Crippen LogP contribution in [0.5, 0.6) is 11.5 Å². The maximum Gasteiger partial charge on any atom is 0.335 e. The van der Waals surface area contributed by atoms with E-state index in [1.165, 1.54) is 10.9 Å². The molecule has 4 aromatic rings. The number of anilines is 1. The fourth-order valence-corrected chi connectivity index (χ4v) is 4.25. The molecule has 0 spiro atoms. The molecule has 35 heavy (non-hydrogen) atoms. The number of nitrogen functional groups attached to an aromatic ring is 1. The summed E-state index contributed by atoms with van der Waals surface area (Å²) in [7, 11) is 0. The molecule has 2 aromatic heterocycles. The van der Waals surface area contributed by atoms with Crippen molar-refractivity contribution in [1.29, 1.82) is 0 Å². The molecule has 3 heterocycles. The Labute approximate surface area is 202 Å². The lowest BCUT2D eigenvalue weighted by Crippen LogP contribution is -2.31. The summed E-state index contributed by atoms with van der Waals surface area (Å²) >= 11 is 0. The van der Waals surface area contributed by atoms with Crippen LogP contribution in [0.3, 0.4) is 0 Å². The van der Waals surface area contributed by atoms with Crippen molar-refractivity contribution >= 4 is 22.9 Å². The number of para-hydroxylation sites is 1. The topological polar surface area (TPSA) is 108 Å². The van der Waals surface area contributed by atoms with Crippen LogP contribution >= 0.6 is 0 Å². The highest BCUT2D eigenvalue weighted by Gasteiger charge is 2.31. The van der Waals surface area contributed by atoms with Gasteiger partial charge in [-0.25, -0.2) is 14.8 Å². The van der Waals surface area contributed by atoms with Crippen LogP contribution < -0.4 is 16.2 Å². The van der Waals surface area contributed by atoms with Crippen molar-refractivity contribution in [3.05, 3.63) is 71.4 Å². The van der Waals surface area contributed by atoms with Crippen molar-refractivity contribution in [3.63, 3.8) is 0 Å². The van der Waals surface area contributed by atoms with Gasteiger partial charge in [-0.3, -0.25) is 13.9 Å². The van der Waals surface area contributed by atoms with E-state index >= 15 is 0 Å². The number of benzene rings is 2. The van der Waals surface area contributed by atoms with E-state index < -0.39 is 0 Å². The van der Waals surface area contributed by atoms with Crippen molar-refractivity contribution in [2.45, 2.75) is 26.8 Å². The first-order chi connectivity index (χ1) is 16.6. The van der Waals surface area contributed by atoms with Crippen molar-refractivity contribution in [3.8, 4) is 29.0 Å². The van der Waals surface area contributed by atoms with Crippen molar-refractivity contribution in [1.82, 2.24) is 24.0 Å². The van der Waals surface area contributed by atoms with Gasteiger partial charge in [-0.1, -0.05) is 31.5 Å². The highest BCUT2D eigenvalue weighted by Crippen LogP contribution is 2.28. The SMILES string of the molecule is C.CC#CC(=O)N1CCC(n2c(=O)n(-c3ccc(Oc4ccccc4)cc3)c3c(N)ncnc32)C1. The number of hydrogen-bond acceptors (Lipinski definition) is 6. The second kappa shape index (κ2) is 9.73. The summed E-state index contributed by atoms with van der Waals surface area (Å²) in [6.45, 7) is 2.52. The highest BCUT2D eigenvalue weighted by molar-refractivity contribution is 5.93. The van der Waals surface area contributed by atoms with Gasteiger partial charge in [0.15, 0.2) is 11.5 Å². The number of nitrogens with two attached hydrogens (primary N) is 1. The minimum Gasteiger partial charge on any atom is -0.457 e. The number of fused-ring (bicyclic) bond motifs is 1. The third-order valence-corrected chi connectivity index (χ3v) is 5.80. The molecular formula is C26H26N6O3. The molecule has 1 aliphatic rings. The zero-order valence-corrected chi connectivity index (χ0v) is 18.5. The van der Waals surface area contributed by atoms with E-state index in [1.807, 2.05) is 30.3 Å². The fraction of sp³-hybridized carbons (Fsp3) is 0.231. The lowest BCUT2D eigenvalue weighted by Gasteiger charge is -2.14. The van der Waals surface area contributed by atoms with E-state index in [2.05, 4.69) is 21.8 Å². The summed E-state index contributed by atoms with van der Waals surface area (Å²) in [5.41, 5.74) is 7.37. The monoisotopic (exact) mass is 470 g/mol. The second-order valence-electron chi connectivity index (χ2n) is 7.90. The van der Waals surface area contributed by atoms with Crippen molar-refractivity contribution in [2.24, 2.45) is 0 Å². The van der Waals surface area contributed by atoms with Crippen LogP contribution in [0, 0.1) is 11.8 Å². The number of nitrogens with zero attached hydrogens (tertiary/aromatic N) is 5. The first-order valence-corrected chi connectivity index (χ1v) is 10.8. The van der Waals surface area contributed by atoms with Crippen LogP contribution in [0.25, 0.3) is 16.9 Å².